The zero-order chi connectivity index (χ0) is 13.2. The minimum absolute atomic E-state index is 0.0794. The highest BCUT2D eigenvalue weighted by atomic mass is 127. The first-order valence-electron chi connectivity index (χ1n) is 4.87. The Morgan fingerprint density at radius 1 is 1.53 bits per heavy atom. The summed E-state index contributed by atoms with van der Waals surface area (Å²) in [6.07, 6.45) is 1.27. The Balaban J connectivity index is 2.93. The molecule has 1 aromatic heterocycles. The highest BCUT2D eigenvalue weighted by molar-refractivity contribution is 14.1. The molecule has 0 radical (unpaired) electrons. The number of hydrogen-bond acceptors (Lipinski definition) is 4. The van der Waals surface area contributed by atoms with Crippen LogP contribution in [0, 0.1) is 3.57 Å². The lowest BCUT2D eigenvalue weighted by atomic mass is 10.6. The smallest absolute Gasteiger partial charge is 0.268 e. The second-order valence-electron chi connectivity index (χ2n) is 3.76. The van der Waals surface area contributed by atoms with Gasteiger partial charge in [-0.2, -0.15) is 0 Å². The van der Waals surface area contributed by atoms with Gasteiger partial charge < -0.3 is 0 Å². The van der Waals surface area contributed by atoms with E-state index in [1.165, 1.54) is 10.9 Å². The molecule has 96 valence electrons. The quantitative estimate of drug-likeness (QED) is 0.574. The average Bonchev–Trinajstić information content (AvgIpc) is 2.25. The van der Waals surface area contributed by atoms with Crippen molar-refractivity contribution >= 4 is 44.0 Å². The van der Waals surface area contributed by atoms with E-state index in [9.17, 15) is 13.2 Å². The molecule has 0 amide bonds. The molecule has 0 saturated carbocycles. The van der Waals surface area contributed by atoms with Crippen molar-refractivity contribution in [3.63, 3.8) is 0 Å². The summed E-state index contributed by atoms with van der Waals surface area (Å²) in [6, 6.07) is 0. The molecular weight excluding hydrogens is 379 g/mol. The molecule has 0 aromatic carbocycles. The summed E-state index contributed by atoms with van der Waals surface area (Å²) in [5.41, 5.74) is -0.315. The lowest BCUT2D eigenvalue weighted by Crippen LogP contribution is -2.28. The molecule has 17 heavy (non-hydrogen) atoms. The van der Waals surface area contributed by atoms with Crippen LogP contribution in [0.25, 0.3) is 0 Å². The summed E-state index contributed by atoms with van der Waals surface area (Å²) in [5.74, 6) is -0.0794. The standard InChI is InChI=1S/C9H12ClIN2O3S/c1-6(2)17(15,16)4-3-13-5-12-8(10)7(11)9(13)14/h5-6H,3-4H2,1-2H3. The van der Waals surface area contributed by atoms with Crippen molar-refractivity contribution in [2.24, 2.45) is 0 Å². The Morgan fingerprint density at radius 3 is 2.65 bits per heavy atom. The van der Waals surface area contributed by atoms with Gasteiger partial charge in [0.05, 0.1) is 17.3 Å². The fourth-order valence-corrected chi connectivity index (χ4v) is 2.56. The highest BCUT2D eigenvalue weighted by Crippen LogP contribution is 2.09. The molecule has 5 nitrogen and oxygen atoms in total. The van der Waals surface area contributed by atoms with Crippen LogP contribution in [0.2, 0.25) is 5.15 Å². The third kappa shape index (κ3) is 3.65. The number of aryl methyl sites for hydroxylation is 1. The lowest BCUT2D eigenvalue weighted by Gasteiger charge is -2.09. The van der Waals surface area contributed by atoms with E-state index in [2.05, 4.69) is 4.98 Å². The van der Waals surface area contributed by atoms with E-state index < -0.39 is 15.1 Å². The summed E-state index contributed by atoms with van der Waals surface area (Å²) in [4.78, 5) is 15.5. The molecule has 1 rings (SSSR count). The molecule has 0 saturated heterocycles. The maximum absolute atomic E-state index is 11.7. The molecular formula is C9H12ClIN2O3S. The van der Waals surface area contributed by atoms with Gasteiger partial charge in [-0.3, -0.25) is 9.36 Å². The Morgan fingerprint density at radius 2 is 2.12 bits per heavy atom. The number of halogens is 2. The van der Waals surface area contributed by atoms with Gasteiger partial charge in [0.1, 0.15) is 8.72 Å². The van der Waals surface area contributed by atoms with Crippen LogP contribution in [0.1, 0.15) is 13.8 Å². The van der Waals surface area contributed by atoms with Crippen molar-refractivity contribution in [2.45, 2.75) is 25.6 Å². The third-order valence-electron chi connectivity index (χ3n) is 2.28. The SMILES string of the molecule is CC(C)S(=O)(=O)CCn1cnc(Cl)c(I)c1=O. The molecule has 0 unspecified atom stereocenters. The van der Waals surface area contributed by atoms with E-state index in [0.29, 0.717) is 3.57 Å². The topological polar surface area (TPSA) is 69.0 Å². The molecule has 0 spiro atoms. The van der Waals surface area contributed by atoms with Crippen molar-refractivity contribution in [2.75, 3.05) is 5.75 Å². The molecule has 0 N–H and O–H groups in total. The molecule has 0 aliphatic heterocycles. The summed E-state index contributed by atoms with van der Waals surface area (Å²) in [6.45, 7) is 3.32. The number of sulfone groups is 1. The third-order valence-corrected chi connectivity index (χ3v) is 6.04. The molecule has 0 aliphatic rings. The molecule has 1 aromatic rings. The summed E-state index contributed by atoms with van der Waals surface area (Å²) < 4.78 is 24.8. The van der Waals surface area contributed by atoms with Crippen LogP contribution in [-0.4, -0.2) is 29.0 Å². The zero-order valence-electron chi connectivity index (χ0n) is 9.35. The van der Waals surface area contributed by atoms with Crippen molar-refractivity contribution in [3.05, 3.63) is 25.4 Å². The second kappa shape index (κ2) is 5.66. The van der Waals surface area contributed by atoms with Crippen LogP contribution in [0.4, 0.5) is 0 Å². The van der Waals surface area contributed by atoms with Crippen LogP contribution >= 0.6 is 34.2 Å². The average molecular weight is 391 g/mol. The molecule has 0 aliphatic carbocycles. The predicted octanol–water partition coefficient (Wildman–Crippen LogP) is 1.32. The minimum Gasteiger partial charge on any atom is -0.297 e. The number of hydrogen-bond donors (Lipinski definition) is 0. The fourth-order valence-electron chi connectivity index (χ4n) is 1.06. The lowest BCUT2D eigenvalue weighted by molar-refractivity contribution is 0.577. The Labute approximate surface area is 118 Å². The normalized spacial score (nSPS) is 12.1. The molecule has 8 heteroatoms. The Bertz CT molecular complexity index is 568. The second-order valence-corrected chi connectivity index (χ2v) is 7.88. The van der Waals surface area contributed by atoms with Gasteiger partial charge >= 0.3 is 0 Å². The molecule has 0 bridgehead atoms. The highest BCUT2D eigenvalue weighted by Gasteiger charge is 2.16. The van der Waals surface area contributed by atoms with E-state index in [-0.39, 0.29) is 23.0 Å². The van der Waals surface area contributed by atoms with Crippen LogP contribution in [0.15, 0.2) is 11.1 Å². The maximum Gasteiger partial charge on any atom is 0.268 e. The van der Waals surface area contributed by atoms with E-state index in [4.69, 9.17) is 11.6 Å². The van der Waals surface area contributed by atoms with Crippen LogP contribution < -0.4 is 5.56 Å². The Hall–Kier alpha value is -0.150. The number of nitrogens with zero attached hydrogens (tertiary/aromatic N) is 2. The molecule has 1 heterocycles. The van der Waals surface area contributed by atoms with Gasteiger partial charge in [0.25, 0.3) is 5.56 Å². The predicted molar refractivity (Wildman–Crippen MR) is 75.1 cm³/mol. The van der Waals surface area contributed by atoms with Gasteiger partial charge in [-0.1, -0.05) is 11.6 Å². The minimum atomic E-state index is -3.16. The van der Waals surface area contributed by atoms with E-state index in [1.54, 1.807) is 36.4 Å². The largest absolute Gasteiger partial charge is 0.297 e. The Kier molecular flexibility index (Phi) is 4.96. The van der Waals surface area contributed by atoms with Gasteiger partial charge in [0, 0.05) is 6.54 Å². The molecule has 0 atom stereocenters. The fraction of sp³-hybridized carbons (Fsp3) is 0.556. The zero-order valence-corrected chi connectivity index (χ0v) is 13.1. The maximum atomic E-state index is 11.7. The number of rotatable bonds is 4. The number of aromatic nitrogens is 2. The van der Waals surface area contributed by atoms with Gasteiger partial charge in [0.2, 0.25) is 0 Å². The monoisotopic (exact) mass is 390 g/mol. The summed E-state index contributed by atoms with van der Waals surface area (Å²) >= 11 is 7.47. The van der Waals surface area contributed by atoms with Crippen LogP contribution in [0.3, 0.4) is 0 Å². The molecule has 0 fully saturated rings. The van der Waals surface area contributed by atoms with E-state index >= 15 is 0 Å². The van der Waals surface area contributed by atoms with Crippen molar-refractivity contribution < 1.29 is 8.42 Å². The first-order valence-corrected chi connectivity index (χ1v) is 8.05. The van der Waals surface area contributed by atoms with E-state index in [1.807, 2.05) is 0 Å². The van der Waals surface area contributed by atoms with Gasteiger partial charge in [-0.05, 0) is 36.4 Å². The van der Waals surface area contributed by atoms with Crippen molar-refractivity contribution in [3.8, 4) is 0 Å². The van der Waals surface area contributed by atoms with Gasteiger partial charge in [-0.25, -0.2) is 13.4 Å². The van der Waals surface area contributed by atoms with Crippen molar-refractivity contribution in [1.29, 1.82) is 0 Å². The van der Waals surface area contributed by atoms with Crippen molar-refractivity contribution in [1.82, 2.24) is 9.55 Å². The van der Waals surface area contributed by atoms with Crippen LogP contribution in [-0.2, 0) is 16.4 Å². The summed E-state index contributed by atoms with van der Waals surface area (Å²) in [5, 5.41) is -0.309. The van der Waals surface area contributed by atoms with Crippen LogP contribution in [0.5, 0.6) is 0 Å². The first-order chi connectivity index (χ1) is 7.75. The summed E-state index contributed by atoms with van der Waals surface area (Å²) in [7, 11) is -3.16. The van der Waals surface area contributed by atoms with E-state index in [0.717, 1.165) is 0 Å². The first kappa shape index (κ1) is 14.9. The van der Waals surface area contributed by atoms with Gasteiger partial charge in [0.15, 0.2) is 9.84 Å². The van der Waals surface area contributed by atoms with Gasteiger partial charge in [-0.15, -0.1) is 0 Å².